The number of unbranched alkanes of at least 4 members (excludes halogenated alkanes) is 1. The van der Waals surface area contributed by atoms with Crippen molar-refractivity contribution in [2.75, 3.05) is 6.61 Å². The highest BCUT2D eigenvalue weighted by Gasteiger charge is 2.12. The molecule has 1 nitrogen and oxygen atoms in total. The van der Waals surface area contributed by atoms with Crippen molar-refractivity contribution in [3.8, 4) is 0 Å². The third-order valence-corrected chi connectivity index (χ3v) is 2.97. The molecule has 0 heterocycles. The minimum absolute atomic E-state index is 0.857. The molecule has 0 radical (unpaired) electrons. The maximum Gasteiger partial charge on any atom is 0.0873 e. The number of hydrogen-bond acceptors (Lipinski definition) is 1. The lowest BCUT2D eigenvalue weighted by atomic mass is 9.86. The van der Waals surface area contributed by atoms with Crippen molar-refractivity contribution in [3.05, 3.63) is 12.8 Å². The Kier molecular flexibility index (Phi) is 5.71. The molecule has 0 amide bonds. The van der Waals surface area contributed by atoms with Gasteiger partial charge >= 0.3 is 0 Å². The summed E-state index contributed by atoms with van der Waals surface area (Å²) in [5.74, 6) is 1.03. The van der Waals surface area contributed by atoms with Gasteiger partial charge < -0.3 is 4.74 Å². The molecular weight excluding hydrogens is 160 g/mol. The van der Waals surface area contributed by atoms with Gasteiger partial charge in [-0.1, -0.05) is 45.1 Å². The van der Waals surface area contributed by atoms with Gasteiger partial charge in [0.2, 0.25) is 0 Å². The predicted molar refractivity (Wildman–Crippen MR) is 56.6 cm³/mol. The molecule has 0 aliphatic heterocycles. The van der Waals surface area contributed by atoms with Crippen LogP contribution in [0.3, 0.4) is 0 Å². The molecule has 0 saturated heterocycles. The molecule has 1 saturated carbocycles. The fourth-order valence-corrected chi connectivity index (χ4v) is 2.18. The Labute approximate surface area is 82.2 Å². The lowest BCUT2D eigenvalue weighted by Gasteiger charge is -2.21. The predicted octanol–water partition coefficient (Wildman–Crippen LogP) is 3.90. The highest BCUT2D eigenvalue weighted by Crippen LogP contribution is 2.27. The second kappa shape index (κ2) is 6.99. The molecule has 13 heavy (non-hydrogen) atoms. The van der Waals surface area contributed by atoms with E-state index in [1.54, 1.807) is 6.26 Å². The van der Waals surface area contributed by atoms with Crippen LogP contribution in [0.1, 0.15) is 51.4 Å². The summed E-state index contributed by atoms with van der Waals surface area (Å²) in [4.78, 5) is 0. The first-order valence-electron chi connectivity index (χ1n) is 5.66. The second-order valence-electron chi connectivity index (χ2n) is 4.04. The normalized spacial score (nSPS) is 18.5. The smallest absolute Gasteiger partial charge is 0.0873 e. The molecule has 0 aromatic rings. The number of rotatable bonds is 6. The largest absolute Gasteiger partial charge is 0.502 e. The van der Waals surface area contributed by atoms with Crippen LogP contribution in [0.2, 0.25) is 0 Å². The van der Waals surface area contributed by atoms with Crippen LogP contribution in [0.4, 0.5) is 0 Å². The minimum atomic E-state index is 0.857. The highest BCUT2D eigenvalue weighted by atomic mass is 16.5. The van der Waals surface area contributed by atoms with Crippen LogP contribution < -0.4 is 0 Å². The van der Waals surface area contributed by atoms with Gasteiger partial charge in [-0.3, -0.25) is 0 Å². The van der Waals surface area contributed by atoms with Crippen molar-refractivity contribution in [3.63, 3.8) is 0 Å². The standard InChI is InChI=1S/C12H22O/c1-2-13-11-7-6-10-12-8-4-3-5-9-12/h2,12H,1,3-11H2. The molecule has 0 bridgehead atoms. The second-order valence-corrected chi connectivity index (χ2v) is 4.04. The Balaban J connectivity index is 1.89. The van der Waals surface area contributed by atoms with Crippen molar-refractivity contribution in [2.45, 2.75) is 51.4 Å². The molecule has 1 aliphatic carbocycles. The topological polar surface area (TPSA) is 9.23 Å². The van der Waals surface area contributed by atoms with Crippen LogP contribution in [-0.2, 0) is 4.74 Å². The summed E-state index contributed by atoms with van der Waals surface area (Å²) in [7, 11) is 0. The summed E-state index contributed by atoms with van der Waals surface area (Å²) < 4.78 is 5.09. The van der Waals surface area contributed by atoms with Crippen LogP contribution in [0, 0.1) is 5.92 Å². The van der Waals surface area contributed by atoms with Crippen molar-refractivity contribution in [1.29, 1.82) is 0 Å². The fraction of sp³-hybridized carbons (Fsp3) is 0.833. The Morgan fingerprint density at radius 1 is 1.15 bits per heavy atom. The molecule has 1 rings (SSSR count). The van der Waals surface area contributed by atoms with Gasteiger partial charge in [0.1, 0.15) is 0 Å². The van der Waals surface area contributed by atoms with Crippen LogP contribution >= 0.6 is 0 Å². The van der Waals surface area contributed by atoms with Crippen molar-refractivity contribution in [1.82, 2.24) is 0 Å². The fourth-order valence-electron chi connectivity index (χ4n) is 2.18. The molecule has 0 spiro atoms. The van der Waals surface area contributed by atoms with E-state index in [-0.39, 0.29) is 0 Å². The summed E-state index contributed by atoms with van der Waals surface area (Å²) in [6, 6.07) is 0. The van der Waals surface area contributed by atoms with E-state index in [9.17, 15) is 0 Å². The van der Waals surface area contributed by atoms with Crippen molar-refractivity contribution in [2.24, 2.45) is 5.92 Å². The molecule has 1 aliphatic rings. The van der Waals surface area contributed by atoms with E-state index in [1.807, 2.05) is 0 Å². The van der Waals surface area contributed by atoms with Gasteiger partial charge in [-0.2, -0.15) is 0 Å². The van der Waals surface area contributed by atoms with Gasteiger partial charge in [0.05, 0.1) is 12.9 Å². The molecule has 76 valence electrons. The van der Waals surface area contributed by atoms with E-state index >= 15 is 0 Å². The first kappa shape index (κ1) is 10.6. The maximum absolute atomic E-state index is 5.09. The Morgan fingerprint density at radius 3 is 2.62 bits per heavy atom. The van der Waals surface area contributed by atoms with E-state index in [4.69, 9.17) is 4.74 Å². The molecule has 1 heteroatoms. The first-order valence-corrected chi connectivity index (χ1v) is 5.66. The zero-order valence-corrected chi connectivity index (χ0v) is 8.63. The van der Waals surface area contributed by atoms with Gasteiger partial charge in [0.25, 0.3) is 0 Å². The zero-order chi connectivity index (χ0) is 9.36. The molecule has 1 fully saturated rings. The zero-order valence-electron chi connectivity index (χ0n) is 8.63. The van der Waals surface area contributed by atoms with E-state index in [0.717, 1.165) is 12.5 Å². The Morgan fingerprint density at radius 2 is 1.92 bits per heavy atom. The molecule has 0 aromatic heterocycles. The average molecular weight is 182 g/mol. The van der Waals surface area contributed by atoms with E-state index in [2.05, 4.69) is 6.58 Å². The van der Waals surface area contributed by atoms with E-state index in [0.29, 0.717) is 0 Å². The summed E-state index contributed by atoms with van der Waals surface area (Å²) in [5, 5.41) is 0. The van der Waals surface area contributed by atoms with Crippen LogP contribution in [0.25, 0.3) is 0 Å². The SMILES string of the molecule is C=COCCCCC1CCCCC1. The van der Waals surface area contributed by atoms with Crippen molar-refractivity contribution >= 4 is 0 Å². The Hall–Kier alpha value is -0.460. The third kappa shape index (κ3) is 4.97. The Bertz CT molecular complexity index is 125. The molecule has 0 atom stereocenters. The lowest BCUT2D eigenvalue weighted by molar-refractivity contribution is 0.234. The van der Waals surface area contributed by atoms with Gasteiger partial charge in [-0.15, -0.1) is 0 Å². The molecule has 0 unspecified atom stereocenters. The maximum atomic E-state index is 5.09. The van der Waals surface area contributed by atoms with Gasteiger partial charge in [0, 0.05) is 0 Å². The van der Waals surface area contributed by atoms with Gasteiger partial charge in [-0.05, 0) is 18.8 Å². The monoisotopic (exact) mass is 182 g/mol. The first-order chi connectivity index (χ1) is 6.43. The van der Waals surface area contributed by atoms with Gasteiger partial charge in [-0.25, -0.2) is 0 Å². The number of hydrogen-bond donors (Lipinski definition) is 0. The summed E-state index contributed by atoms with van der Waals surface area (Å²) >= 11 is 0. The lowest BCUT2D eigenvalue weighted by Crippen LogP contribution is -2.06. The minimum Gasteiger partial charge on any atom is -0.502 e. The van der Waals surface area contributed by atoms with E-state index in [1.165, 1.54) is 51.4 Å². The number of ether oxygens (including phenoxy) is 1. The van der Waals surface area contributed by atoms with Crippen molar-refractivity contribution < 1.29 is 4.74 Å². The third-order valence-electron chi connectivity index (χ3n) is 2.97. The molecule has 0 N–H and O–H groups in total. The molecule has 0 aromatic carbocycles. The van der Waals surface area contributed by atoms with Crippen LogP contribution in [0.15, 0.2) is 12.8 Å². The highest BCUT2D eigenvalue weighted by molar-refractivity contribution is 4.65. The summed E-state index contributed by atoms with van der Waals surface area (Å²) in [6.45, 7) is 4.38. The average Bonchev–Trinajstić information content (AvgIpc) is 2.19. The summed E-state index contributed by atoms with van der Waals surface area (Å²) in [5.41, 5.74) is 0. The molecular formula is C12H22O. The quantitative estimate of drug-likeness (QED) is 0.447. The summed E-state index contributed by atoms with van der Waals surface area (Å²) in [6.07, 6.45) is 12.8. The van der Waals surface area contributed by atoms with Gasteiger partial charge in [0.15, 0.2) is 0 Å². The van der Waals surface area contributed by atoms with Crippen LogP contribution in [0.5, 0.6) is 0 Å². The van der Waals surface area contributed by atoms with Crippen LogP contribution in [-0.4, -0.2) is 6.61 Å². The van der Waals surface area contributed by atoms with E-state index < -0.39 is 0 Å².